The van der Waals surface area contributed by atoms with E-state index in [-0.39, 0.29) is 30.1 Å². The molecule has 0 spiro atoms. The third-order valence-electron chi connectivity index (χ3n) is 7.23. The second kappa shape index (κ2) is 10.7. The van der Waals surface area contributed by atoms with Crippen molar-refractivity contribution in [1.29, 1.82) is 0 Å². The minimum Gasteiger partial charge on any atom is -0.446 e. The molecule has 0 radical (unpaired) electrons. The summed E-state index contributed by atoms with van der Waals surface area (Å²) in [5.74, 6) is -0.247. The normalized spacial score (nSPS) is 21.7. The third-order valence-corrected chi connectivity index (χ3v) is 8.31. The SMILES string of the molecule is C[C@@H]1CN(c2nc3ccc(C(F)(F)F)cc3s2)C[C@@H](C)N1C(=O)OC1CCN(Cc2ccc(F)cc2)CC1. The number of fused-ring (bicyclic) bond motifs is 1. The molecule has 2 fully saturated rings. The number of carbonyl (C=O) groups excluding carboxylic acids is 1. The Kier molecular flexibility index (Phi) is 7.50. The van der Waals surface area contributed by atoms with E-state index in [1.165, 1.54) is 29.5 Å². The van der Waals surface area contributed by atoms with Gasteiger partial charge in [0.25, 0.3) is 0 Å². The molecule has 3 heterocycles. The van der Waals surface area contributed by atoms with Gasteiger partial charge in [0.2, 0.25) is 0 Å². The van der Waals surface area contributed by atoms with Crippen LogP contribution in [0.1, 0.15) is 37.8 Å². The summed E-state index contributed by atoms with van der Waals surface area (Å²) < 4.78 is 58.8. The number of alkyl halides is 3. The van der Waals surface area contributed by atoms with Crippen molar-refractivity contribution in [3.63, 3.8) is 0 Å². The Bertz CT molecular complexity index is 1260. The summed E-state index contributed by atoms with van der Waals surface area (Å²) in [6.07, 6.45) is -3.41. The van der Waals surface area contributed by atoms with Crippen LogP contribution >= 0.6 is 11.3 Å². The van der Waals surface area contributed by atoms with Crippen LogP contribution in [0.3, 0.4) is 0 Å². The van der Waals surface area contributed by atoms with Crippen molar-refractivity contribution < 1.29 is 27.1 Å². The molecule has 6 nitrogen and oxygen atoms in total. The van der Waals surface area contributed by atoms with Gasteiger partial charge in [-0.1, -0.05) is 23.5 Å². The highest BCUT2D eigenvalue weighted by molar-refractivity contribution is 7.22. The monoisotopic (exact) mass is 550 g/mol. The number of carbonyl (C=O) groups is 1. The molecule has 0 saturated carbocycles. The van der Waals surface area contributed by atoms with Crippen molar-refractivity contribution in [2.75, 3.05) is 31.1 Å². The van der Waals surface area contributed by atoms with Crippen LogP contribution in [-0.2, 0) is 17.5 Å². The first-order chi connectivity index (χ1) is 18.1. The minimum atomic E-state index is -4.40. The summed E-state index contributed by atoms with van der Waals surface area (Å²) in [5, 5.41) is 0.652. The number of piperidine rings is 1. The number of aromatic nitrogens is 1. The number of hydrogen-bond donors (Lipinski definition) is 0. The molecule has 0 N–H and O–H groups in total. The van der Waals surface area contributed by atoms with Gasteiger partial charge in [0.05, 0.1) is 27.9 Å². The van der Waals surface area contributed by atoms with Crippen LogP contribution in [-0.4, -0.2) is 65.2 Å². The van der Waals surface area contributed by atoms with Gasteiger partial charge in [-0.15, -0.1) is 0 Å². The largest absolute Gasteiger partial charge is 0.446 e. The second-order valence-electron chi connectivity index (χ2n) is 10.2. The van der Waals surface area contributed by atoms with Gasteiger partial charge >= 0.3 is 12.3 Å². The van der Waals surface area contributed by atoms with Gasteiger partial charge < -0.3 is 9.64 Å². The predicted octanol–water partition coefficient (Wildman–Crippen LogP) is 6.15. The molecule has 0 bridgehead atoms. The number of halogens is 4. The number of amides is 1. The molecule has 1 amide bonds. The molecule has 2 aliphatic heterocycles. The molecular weight excluding hydrogens is 520 g/mol. The van der Waals surface area contributed by atoms with Gasteiger partial charge in [-0.2, -0.15) is 13.2 Å². The van der Waals surface area contributed by atoms with Crippen molar-refractivity contribution in [2.24, 2.45) is 0 Å². The quantitative estimate of drug-likeness (QED) is 0.365. The summed E-state index contributed by atoms with van der Waals surface area (Å²) in [4.78, 5) is 23.7. The maximum absolute atomic E-state index is 13.1. The van der Waals surface area contributed by atoms with E-state index in [1.54, 1.807) is 17.0 Å². The molecule has 2 atom stereocenters. The number of hydrogen-bond acceptors (Lipinski definition) is 6. The number of benzene rings is 2. The highest BCUT2D eigenvalue weighted by atomic mass is 32.1. The predicted molar refractivity (Wildman–Crippen MR) is 139 cm³/mol. The van der Waals surface area contributed by atoms with Gasteiger partial charge in [0.15, 0.2) is 5.13 Å². The lowest BCUT2D eigenvalue weighted by atomic mass is 10.1. The van der Waals surface area contributed by atoms with Crippen LogP contribution in [0.25, 0.3) is 10.2 Å². The maximum Gasteiger partial charge on any atom is 0.416 e. The lowest BCUT2D eigenvalue weighted by molar-refractivity contribution is -0.137. The van der Waals surface area contributed by atoms with E-state index < -0.39 is 11.7 Å². The Labute approximate surface area is 222 Å². The first kappa shape index (κ1) is 26.7. The Morgan fingerprint density at radius 3 is 2.34 bits per heavy atom. The molecule has 2 aromatic carbocycles. The standard InChI is InChI=1S/C27H30F4N4O2S/c1-17-14-34(25-32-23-8-5-20(27(29,30)31)13-24(23)38-25)15-18(2)35(17)26(36)37-22-9-11-33(12-10-22)16-19-3-6-21(28)7-4-19/h3-8,13,17-18,22H,9-12,14-16H2,1-2H3/t17-,18-/m1/s1. The number of thiazole rings is 1. The summed E-state index contributed by atoms with van der Waals surface area (Å²) >= 11 is 1.23. The van der Waals surface area contributed by atoms with E-state index in [9.17, 15) is 22.4 Å². The molecule has 11 heteroatoms. The van der Waals surface area contributed by atoms with Crippen molar-refractivity contribution in [3.8, 4) is 0 Å². The fraction of sp³-hybridized carbons (Fsp3) is 0.481. The summed E-state index contributed by atoms with van der Waals surface area (Å²) in [6.45, 7) is 7.25. The summed E-state index contributed by atoms with van der Waals surface area (Å²) in [7, 11) is 0. The third kappa shape index (κ3) is 5.88. The fourth-order valence-corrected chi connectivity index (χ4v) is 6.32. The van der Waals surface area contributed by atoms with Crippen LogP contribution in [0.4, 0.5) is 27.5 Å². The number of rotatable bonds is 4. The molecule has 2 aliphatic rings. The zero-order chi connectivity index (χ0) is 27.0. The van der Waals surface area contributed by atoms with Crippen LogP contribution in [0.15, 0.2) is 42.5 Å². The Morgan fingerprint density at radius 2 is 1.71 bits per heavy atom. The van der Waals surface area contributed by atoms with E-state index in [0.717, 1.165) is 50.2 Å². The van der Waals surface area contributed by atoms with E-state index >= 15 is 0 Å². The summed E-state index contributed by atoms with van der Waals surface area (Å²) in [6, 6.07) is 9.81. The Balaban J connectivity index is 1.15. The topological polar surface area (TPSA) is 48.9 Å². The Hall–Kier alpha value is -2.92. The average Bonchev–Trinajstić information content (AvgIpc) is 3.29. The number of nitrogens with zero attached hydrogens (tertiary/aromatic N) is 4. The van der Waals surface area contributed by atoms with Crippen molar-refractivity contribution in [1.82, 2.24) is 14.8 Å². The molecular formula is C27H30F4N4O2S. The van der Waals surface area contributed by atoms with E-state index in [2.05, 4.69) is 9.88 Å². The number of anilines is 1. The fourth-order valence-electron chi connectivity index (χ4n) is 5.30. The highest BCUT2D eigenvalue weighted by Crippen LogP contribution is 2.36. The minimum absolute atomic E-state index is 0.150. The molecule has 38 heavy (non-hydrogen) atoms. The van der Waals surface area contributed by atoms with E-state index in [0.29, 0.717) is 28.4 Å². The van der Waals surface area contributed by atoms with Gasteiger partial charge in [-0.25, -0.2) is 14.2 Å². The highest BCUT2D eigenvalue weighted by Gasteiger charge is 2.37. The van der Waals surface area contributed by atoms with Crippen molar-refractivity contribution in [2.45, 2.75) is 57.6 Å². The average molecular weight is 551 g/mol. The molecule has 0 unspecified atom stereocenters. The lowest BCUT2D eigenvalue weighted by Crippen LogP contribution is -2.59. The van der Waals surface area contributed by atoms with Crippen molar-refractivity contribution >= 4 is 32.8 Å². The summed E-state index contributed by atoms with van der Waals surface area (Å²) in [5.41, 5.74) is 0.901. The molecule has 5 rings (SSSR count). The first-order valence-corrected chi connectivity index (χ1v) is 13.6. The van der Waals surface area contributed by atoms with Crippen LogP contribution in [0.5, 0.6) is 0 Å². The van der Waals surface area contributed by atoms with Gasteiger partial charge in [0.1, 0.15) is 11.9 Å². The van der Waals surface area contributed by atoms with Gasteiger partial charge in [-0.3, -0.25) is 9.80 Å². The van der Waals surface area contributed by atoms with Gasteiger partial charge in [0, 0.05) is 32.7 Å². The van der Waals surface area contributed by atoms with Crippen LogP contribution < -0.4 is 4.90 Å². The maximum atomic E-state index is 13.1. The van der Waals surface area contributed by atoms with Crippen LogP contribution in [0.2, 0.25) is 0 Å². The Morgan fingerprint density at radius 1 is 1.05 bits per heavy atom. The smallest absolute Gasteiger partial charge is 0.416 e. The molecule has 3 aromatic rings. The molecule has 2 saturated heterocycles. The molecule has 0 aliphatic carbocycles. The number of likely N-dealkylation sites (tertiary alicyclic amines) is 1. The molecule has 1 aromatic heterocycles. The zero-order valence-corrected chi connectivity index (χ0v) is 22.1. The number of ether oxygens (including phenoxy) is 1. The zero-order valence-electron chi connectivity index (χ0n) is 21.2. The first-order valence-electron chi connectivity index (χ1n) is 12.8. The second-order valence-corrected chi connectivity index (χ2v) is 11.2. The number of piperazine rings is 1. The molecule has 204 valence electrons. The van der Waals surface area contributed by atoms with Gasteiger partial charge in [-0.05, 0) is 62.6 Å². The van der Waals surface area contributed by atoms with Crippen LogP contribution in [0, 0.1) is 5.82 Å². The lowest BCUT2D eigenvalue weighted by Gasteiger charge is -2.44. The van der Waals surface area contributed by atoms with E-state index in [1.807, 2.05) is 18.7 Å². The van der Waals surface area contributed by atoms with Crippen molar-refractivity contribution in [3.05, 3.63) is 59.4 Å². The van der Waals surface area contributed by atoms with E-state index in [4.69, 9.17) is 4.74 Å².